The summed E-state index contributed by atoms with van der Waals surface area (Å²) in [5, 5.41) is 3.11. The van der Waals surface area contributed by atoms with Crippen molar-refractivity contribution in [3.05, 3.63) is 113 Å². The molecule has 15 nitrogen and oxygen atoms in total. The molecular formula is C49H51F3N8O7S. The van der Waals surface area contributed by atoms with Crippen molar-refractivity contribution < 1.29 is 45.4 Å². The third-order valence-corrected chi connectivity index (χ3v) is 15.5. The minimum atomic E-state index is -4.36. The molecule has 19 heteroatoms. The molecule has 4 fully saturated rings. The van der Waals surface area contributed by atoms with Gasteiger partial charge >= 0.3 is 10.2 Å². The molecule has 1 aliphatic carbocycles. The van der Waals surface area contributed by atoms with E-state index < -0.39 is 57.6 Å². The van der Waals surface area contributed by atoms with E-state index in [1.165, 1.54) is 6.20 Å². The fourth-order valence-electron chi connectivity index (χ4n) is 10.3. The van der Waals surface area contributed by atoms with Gasteiger partial charge in [0.2, 0.25) is 11.7 Å². The average Bonchev–Trinajstić information content (AvgIpc) is 4.07. The molecule has 3 saturated heterocycles. The summed E-state index contributed by atoms with van der Waals surface area (Å²) in [6.45, 7) is 7.21. The number of piperazine rings is 1. The number of H-pyrrole nitrogens is 1. The Morgan fingerprint density at radius 1 is 0.926 bits per heavy atom. The second-order valence-corrected chi connectivity index (χ2v) is 19.8. The molecule has 5 aliphatic rings. The quantitative estimate of drug-likeness (QED) is 0.114. The van der Waals surface area contributed by atoms with E-state index in [1.807, 2.05) is 35.1 Å². The second-order valence-electron chi connectivity index (χ2n) is 18.1. The number of rotatable bonds is 12. The van der Waals surface area contributed by atoms with E-state index in [2.05, 4.69) is 37.7 Å². The number of halogens is 3. The van der Waals surface area contributed by atoms with Gasteiger partial charge < -0.3 is 29.6 Å². The van der Waals surface area contributed by atoms with Crippen LogP contribution in [0.25, 0.3) is 22.2 Å². The first-order valence-electron chi connectivity index (χ1n) is 22.9. The van der Waals surface area contributed by atoms with Crippen LogP contribution in [0.15, 0.2) is 79.3 Å². The molecule has 6 heterocycles. The number of amides is 2. The zero-order valence-corrected chi connectivity index (χ0v) is 38.2. The Labute approximate surface area is 391 Å². The van der Waals surface area contributed by atoms with Crippen LogP contribution in [-0.4, -0.2) is 121 Å². The molecular weight excluding hydrogens is 902 g/mol. The van der Waals surface area contributed by atoms with Gasteiger partial charge in [-0.05, 0) is 92.5 Å². The number of ether oxygens (including phenoxy) is 2. The van der Waals surface area contributed by atoms with Gasteiger partial charge in [0.05, 0.1) is 30.0 Å². The number of hydrogen-bond acceptors (Lipinski definition) is 10. The number of methoxy groups -OCH3 is 1. The number of hydrogen-bond donors (Lipinski definition) is 3. The van der Waals surface area contributed by atoms with Gasteiger partial charge in [0, 0.05) is 98.2 Å². The number of aromatic amines is 1. The van der Waals surface area contributed by atoms with Gasteiger partial charge in [0.15, 0.2) is 5.82 Å². The van der Waals surface area contributed by atoms with Crippen LogP contribution in [0, 0.1) is 11.6 Å². The van der Waals surface area contributed by atoms with Crippen molar-refractivity contribution in [3.8, 4) is 22.6 Å². The number of anilines is 2. The first-order chi connectivity index (χ1) is 32.7. The van der Waals surface area contributed by atoms with Crippen molar-refractivity contribution >= 4 is 50.2 Å². The molecule has 1 unspecified atom stereocenters. The summed E-state index contributed by atoms with van der Waals surface area (Å²) < 4.78 is 85.3. The minimum absolute atomic E-state index is 0.000225. The fraction of sp³-hybridized carbons (Fsp3) is 0.388. The van der Waals surface area contributed by atoms with Gasteiger partial charge in [0.25, 0.3) is 5.91 Å². The lowest BCUT2D eigenvalue weighted by molar-refractivity contribution is -0.126. The summed E-state index contributed by atoms with van der Waals surface area (Å²) >= 11 is 0. The van der Waals surface area contributed by atoms with Gasteiger partial charge in [-0.15, -0.1) is 0 Å². The molecule has 1 saturated carbocycles. The summed E-state index contributed by atoms with van der Waals surface area (Å²) in [6.07, 6.45) is 6.64. The zero-order valence-electron chi connectivity index (χ0n) is 37.4. The highest BCUT2D eigenvalue weighted by Gasteiger charge is 2.41. The largest absolute Gasteiger partial charge is 0.496 e. The standard InChI is InChI=1S/C49H51F3N8O7S/c1-28-3-14-41(48(62)55-28)60-26-31-21-34(23-42(66-2)43(31)49(60)63)58-19-17-57(18-20-58)33-6-10-36(11-7-33)67-35-8-4-29(5-9-35)30-22-37-38(25-54-47(37)53-24-30)46(61)44-39(51)12-13-40(45(44)52)56-68(64,65)59-16-15-32(50)27-59/h4-5,8-9,12-13,21-25,32-33,36,41,56H,1,3,6-7,10-11,14-20,26-27H2,2H3,(H,53,54)(H,55,62)/t32-,33?,36?,41?/m1/s1. The minimum Gasteiger partial charge on any atom is -0.496 e. The lowest BCUT2D eigenvalue weighted by atomic mass is 9.91. The Morgan fingerprint density at radius 2 is 1.69 bits per heavy atom. The Hall–Kier alpha value is -6.44. The molecule has 68 heavy (non-hydrogen) atoms. The van der Waals surface area contributed by atoms with E-state index in [-0.39, 0.29) is 36.4 Å². The van der Waals surface area contributed by atoms with E-state index in [1.54, 1.807) is 24.3 Å². The molecule has 4 aliphatic heterocycles. The maximum absolute atomic E-state index is 15.8. The molecule has 2 amide bonds. The number of nitrogens with zero attached hydrogens (tertiary/aromatic N) is 5. The highest BCUT2D eigenvalue weighted by molar-refractivity contribution is 7.90. The van der Waals surface area contributed by atoms with Crippen molar-refractivity contribution in [1.82, 2.24) is 29.4 Å². The summed E-state index contributed by atoms with van der Waals surface area (Å²) in [5.41, 5.74) is 3.18. The van der Waals surface area contributed by atoms with Gasteiger partial charge in [-0.2, -0.15) is 12.7 Å². The average molecular weight is 953 g/mol. The monoisotopic (exact) mass is 952 g/mol. The van der Waals surface area contributed by atoms with Gasteiger partial charge in [0.1, 0.15) is 35.2 Å². The Kier molecular flexibility index (Phi) is 12.2. The van der Waals surface area contributed by atoms with Crippen molar-refractivity contribution in [2.24, 2.45) is 0 Å². The maximum atomic E-state index is 15.8. The third kappa shape index (κ3) is 8.66. The molecule has 5 aromatic rings. The van der Waals surface area contributed by atoms with Crippen molar-refractivity contribution in [1.29, 1.82) is 0 Å². The van der Waals surface area contributed by atoms with Gasteiger partial charge in [-0.1, -0.05) is 18.7 Å². The highest BCUT2D eigenvalue weighted by Crippen LogP contribution is 2.39. The predicted molar refractivity (Wildman–Crippen MR) is 249 cm³/mol. The Morgan fingerprint density at radius 3 is 2.40 bits per heavy atom. The van der Waals surface area contributed by atoms with E-state index in [4.69, 9.17) is 9.47 Å². The van der Waals surface area contributed by atoms with Crippen molar-refractivity contribution in [2.45, 2.75) is 75.8 Å². The molecule has 0 radical (unpaired) electrons. The van der Waals surface area contributed by atoms with Crippen molar-refractivity contribution in [2.75, 3.05) is 56.0 Å². The lowest BCUT2D eigenvalue weighted by Gasteiger charge is -2.42. The van der Waals surface area contributed by atoms with E-state index >= 15 is 8.78 Å². The van der Waals surface area contributed by atoms with Crippen LogP contribution >= 0.6 is 0 Å². The van der Waals surface area contributed by atoms with Crippen LogP contribution in [0.3, 0.4) is 0 Å². The number of nitrogens with one attached hydrogen (secondary N) is 3. The number of carbonyl (C=O) groups is 3. The van der Waals surface area contributed by atoms with Crippen LogP contribution in [0.4, 0.5) is 24.5 Å². The number of alkyl halides is 1. The lowest BCUT2D eigenvalue weighted by Crippen LogP contribution is -2.51. The molecule has 0 spiro atoms. The SMILES string of the molecule is C=C1CCC(N2Cc3cc(N4CCN(C5CCC(Oc6ccc(-c7cnc8[nH]cc(C(=O)c9c(F)ccc(NS(=O)(=O)N%10CC[C@@H](F)C%10)c9F)c8c7)cc6)CC5)CC4)cc(OC)c3C2=O)C(=O)N1. The number of benzene rings is 3. The van der Waals surface area contributed by atoms with Crippen LogP contribution in [-0.2, 0) is 21.5 Å². The number of piperidine rings is 1. The molecule has 10 rings (SSSR count). The summed E-state index contributed by atoms with van der Waals surface area (Å²) in [7, 11) is -2.79. The van der Waals surface area contributed by atoms with Crippen LogP contribution in [0.2, 0.25) is 0 Å². The summed E-state index contributed by atoms with van der Waals surface area (Å²) in [5.74, 6) is -2.71. The third-order valence-electron chi connectivity index (χ3n) is 14.0. The Bertz CT molecular complexity index is 2930. The molecule has 356 valence electrons. The van der Waals surface area contributed by atoms with Gasteiger partial charge in [-0.25, -0.2) is 18.2 Å². The first kappa shape index (κ1) is 45.3. The summed E-state index contributed by atoms with van der Waals surface area (Å²) in [6, 6.07) is 14.8. The van der Waals surface area contributed by atoms with E-state index in [9.17, 15) is 27.2 Å². The normalized spacial score (nSPS) is 22.7. The zero-order chi connectivity index (χ0) is 47.4. The topological polar surface area (TPSA) is 170 Å². The van der Waals surface area contributed by atoms with Crippen LogP contribution < -0.4 is 24.4 Å². The molecule has 2 aromatic heterocycles. The predicted octanol–water partition coefficient (Wildman–Crippen LogP) is 6.71. The number of fused-ring (bicyclic) bond motifs is 2. The fourth-order valence-corrected chi connectivity index (χ4v) is 11.6. The molecule has 0 bridgehead atoms. The number of carbonyl (C=O) groups excluding carboxylic acids is 3. The van der Waals surface area contributed by atoms with Crippen LogP contribution in [0.5, 0.6) is 11.5 Å². The van der Waals surface area contributed by atoms with E-state index in [0.29, 0.717) is 59.0 Å². The molecule has 3 aromatic carbocycles. The molecule has 3 N–H and O–H groups in total. The molecule has 2 atom stereocenters. The van der Waals surface area contributed by atoms with Gasteiger partial charge in [-0.3, -0.25) is 24.0 Å². The Balaban J connectivity index is 0.737. The van der Waals surface area contributed by atoms with E-state index in [0.717, 1.165) is 90.9 Å². The summed E-state index contributed by atoms with van der Waals surface area (Å²) in [4.78, 5) is 53.9. The first-order valence-corrected chi connectivity index (χ1v) is 24.4. The number of pyridine rings is 1. The smallest absolute Gasteiger partial charge is 0.301 e. The number of aromatic nitrogens is 2. The number of ketones is 1. The second kappa shape index (κ2) is 18.2. The highest BCUT2D eigenvalue weighted by atomic mass is 32.2. The number of allylic oxidation sites excluding steroid dienone is 1. The van der Waals surface area contributed by atoms with Crippen molar-refractivity contribution in [3.63, 3.8) is 0 Å². The van der Waals surface area contributed by atoms with Crippen LogP contribution in [0.1, 0.15) is 76.8 Å². The maximum Gasteiger partial charge on any atom is 0.301 e.